The first-order valence-corrected chi connectivity index (χ1v) is 11.4. The van der Waals surface area contributed by atoms with Crippen LogP contribution in [0.25, 0.3) is 0 Å². The monoisotopic (exact) mass is 513 g/mol. The minimum Gasteiger partial charge on any atom is -0.480 e. The number of rotatable bonds is 11. The van der Waals surface area contributed by atoms with E-state index in [9.17, 15) is 24.3 Å². The first kappa shape index (κ1) is 30.5. The van der Waals surface area contributed by atoms with Crippen molar-refractivity contribution in [2.45, 2.75) is 78.7 Å². The maximum absolute atomic E-state index is 12.2. The summed E-state index contributed by atoms with van der Waals surface area (Å²) in [6, 6.07) is 2.64. The lowest BCUT2D eigenvalue weighted by Crippen LogP contribution is -2.40. The Morgan fingerprint density at radius 3 is 1.72 bits per heavy atom. The summed E-state index contributed by atoms with van der Waals surface area (Å²) in [7, 11) is 0. The highest BCUT2D eigenvalue weighted by atomic mass is 16.8. The maximum atomic E-state index is 12.2. The number of carbonyl (C=O) groups is 4. The van der Waals surface area contributed by atoms with Crippen LogP contribution in [-0.2, 0) is 23.7 Å². The molecule has 202 valence electrons. The predicted octanol–water partition coefficient (Wildman–Crippen LogP) is 4.23. The Morgan fingerprint density at radius 2 is 1.25 bits per heavy atom. The van der Waals surface area contributed by atoms with Crippen LogP contribution >= 0.6 is 0 Å². The van der Waals surface area contributed by atoms with E-state index in [0.717, 1.165) is 0 Å². The fourth-order valence-electron chi connectivity index (χ4n) is 3.08. The van der Waals surface area contributed by atoms with Crippen LogP contribution in [0.4, 0.5) is 14.4 Å². The van der Waals surface area contributed by atoms with Crippen molar-refractivity contribution in [3.63, 3.8) is 0 Å². The molecule has 36 heavy (non-hydrogen) atoms. The molecule has 0 aromatic heterocycles. The molecule has 12 nitrogen and oxygen atoms in total. The number of ether oxygens (including phenoxy) is 6. The zero-order chi connectivity index (χ0) is 27.6. The van der Waals surface area contributed by atoms with Crippen LogP contribution in [0.3, 0.4) is 0 Å². The van der Waals surface area contributed by atoms with Gasteiger partial charge in [-0.3, -0.25) is 4.79 Å². The summed E-state index contributed by atoms with van der Waals surface area (Å²) in [5, 5.41) is 9.58. The molecule has 1 aromatic rings. The van der Waals surface area contributed by atoms with Crippen LogP contribution in [0.1, 0.15) is 59.9 Å². The summed E-state index contributed by atoms with van der Waals surface area (Å²) in [5.74, 6) is -3.22. The van der Waals surface area contributed by atoms with Gasteiger partial charge in [-0.25, -0.2) is 14.4 Å². The van der Waals surface area contributed by atoms with Gasteiger partial charge in [0.25, 0.3) is 0 Å². The van der Waals surface area contributed by atoms with Gasteiger partial charge in [-0.1, -0.05) is 13.0 Å². The third-order valence-corrected chi connectivity index (χ3v) is 4.48. The molecule has 0 amide bonds. The lowest BCUT2D eigenvalue weighted by molar-refractivity contribution is -0.139. The second kappa shape index (κ2) is 14.1. The van der Waals surface area contributed by atoms with Crippen LogP contribution in [-0.4, -0.2) is 60.5 Å². The normalized spacial score (nSPS) is 13.5. The van der Waals surface area contributed by atoms with Crippen molar-refractivity contribution in [2.24, 2.45) is 11.7 Å². The van der Waals surface area contributed by atoms with Crippen LogP contribution in [0.2, 0.25) is 0 Å². The summed E-state index contributed by atoms with van der Waals surface area (Å²) in [5.41, 5.74) is 6.28. The molecule has 0 radical (unpaired) electrons. The van der Waals surface area contributed by atoms with E-state index in [2.05, 4.69) is 0 Å². The zero-order valence-electron chi connectivity index (χ0n) is 21.5. The van der Waals surface area contributed by atoms with Crippen molar-refractivity contribution in [2.75, 3.05) is 6.61 Å². The standard InChI is InChI=1S/C24H35NO11/c1-12(2)32-22(28)31-11-15(7)19(20(25)21(26)27)16-8-9-17(35-23(29)33-13(3)4)18(10-16)36-24(30)34-14(5)6/h8-10,12-15,19-20H,11,25H2,1-7H3,(H,26,27)/t15-,19?,20-/m0/s1. The second-order valence-electron chi connectivity index (χ2n) is 8.84. The van der Waals surface area contributed by atoms with E-state index in [1.165, 1.54) is 18.2 Å². The first-order chi connectivity index (χ1) is 16.7. The summed E-state index contributed by atoms with van der Waals surface area (Å²) in [6.07, 6.45) is -4.38. The molecule has 0 spiro atoms. The van der Waals surface area contributed by atoms with Gasteiger partial charge in [-0.2, -0.15) is 0 Å². The van der Waals surface area contributed by atoms with Crippen molar-refractivity contribution in [1.82, 2.24) is 0 Å². The largest absolute Gasteiger partial charge is 0.514 e. The van der Waals surface area contributed by atoms with Gasteiger partial charge >= 0.3 is 24.4 Å². The van der Waals surface area contributed by atoms with E-state index in [1.807, 2.05) is 0 Å². The molecule has 0 aliphatic carbocycles. The molecule has 0 fully saturated rings. The van der Waals surface area contributed by atoms with Gasteiger partial charge in [0, 0.05) is 5.92 Å². The Labute approximate surface area is 209 Å². The number of carboxylic acid groups (broad SMARTS) is 1. The third-order valence-electron chi connectivity index (χ3n) is 4.48. The number of carbonyl (C=O) groups excluding carboxylic acids is 3. The summed E-state index contributed by atoms with van der Waals surface area (Å²) >= 11 is 0. The smallest absolute Gasteiger partial charge is 0.480 e. The number of hydrogen-bond donors (Lipinski definition) is 2. The summed E-state index contributed by atoms with van der Waals surface area (Å²) < 4.78 is 30.3. The number of aliphatic carboxylic acids is 1. The van der Waals surface area contributed by atoms with Crippen LogP contribution in [0, 0.1) is 5.92 Å². The van der Waals surface area contributed by atoms with Gasteiger partial charge < -0.3 is 39.3 Å². The molecule has 0 aliphatic heterocycles. The van der Waals surface area contributed by atoms with Crippen molar-refractivity contribution in [3.05, 3.63) is 23.8 Å². The molecule has 1 rings (SSSR count). The van der Waals surface area contributed by atoms with E-state index in [-0.39, 0.29) is 18.1 Å². The van der Waals surface area contributed by atoms with E-state index < -0.39 is 60.6 Å². The van der Waals surface area contributed by atoms with Crippen LogP contribution in [0.5, 0.6) is 11.5 Å². The molecule has 3 N–H and O–H groups in total. The molecule has 0 bridgehead atoms. The fraction of sp³-hybridized carbons (Fsp3) is 0.583. The minimum atomic E-state index is -1.42. The first-order valence-electron chi connectivity index (χ1n) is 11.4. The molecule has 12 heteroatoms. The van der Waals surface area contributed by atoms with Gasteiger partial charge in [0.2, 0.25) is 0 Å². The SMILES string of the molecule is CC(C)OC(=O)OC[C@H](C)C(c1ccc(OC(=O)OC(C)C)c(OC(=O)OC(C)C)c1)[C@H](N)C(=O)O. The van der Waals surface area contributed by atoms with Crippen molar-refractivity contribution in [1.29, 1.82) is 0 Å². The van der Waals surface area contributed by atoms with Gasteiger partial charge in [-0.15, -0.1) is 0 Å². The zero-order valence-corrected chi connectivity index (χ0v) is 21.5. The summed E-state index contributed by atoms with van der Waals surface area (Å²) in [6.45, 7) is 11.2. The van der Waals surface area contributed by atoms with Crippen molar-refractivity contribution >= 4 is 24.4 Å². The average molecular weight is 514 g/mol. The number of hydrogen-bond acceptors (Lipinski definition) is 11. The van der Waals surface area contributed by atoms with Crippen molar-refractivity contribution < 1.29 is 52.7 Å². The Kier molecular flexibility index (Phi) is 12.0. The van der Waals surface area contributed by atoms with E-state index in [0.29, 0.717) is 5.56 Å². The molecular formula is C24H35NO11. The van der Waals surface area contributed by atoms with E-state index >= 15 is 0 Å². The minimum absolute atomic E-state index is 0.169. The molecule has 1 aromatic carbocycles. The quantitative estimate of drug-likeness (QED) is 0.245. The molecule has 0 saturated carbocycles. The molecule has 0 heterocycles. The average Bonchev–Trinajstić information content (AvgIpc) is 2.72. The van der Waals surface area contributed by atoms with Gasteiger partial charge in [0.05, 0.1) is 24.9 Å². The Balaban J connectivity index is 3.34. The van der Waals surface area contributed by atoms with Gasteiger partial charge in [0.1, 0.15) is 6.04 Å². The Hall–Kier alpha value is -3.54. The fourth-order valence-corrected chi connectivity index (χ4v) is 3.08. The molecule has 0 aliphatic rings. The van der Waals surface area contributed by atoms with Gasteiger partial charge in [-0.05, 0) is 65.2 Å². The maximum Gasteiger partial charge on any atom is 0.514 e. The van der Waals surface area contributed by atoms with Gasteiger partial charge in [0.15, 0.2) is 11.5 Å². The summed E-state index contributed by atoms with van der Waals surface area (Å²) in [4.78, 5) is 47.7. The third kappa shape index (κ3) is 10.4. The molecular weight excluding hydrogens is 478 g/mol. The highest BCUT2D eigenvalue weighted by molar-refractivity contribution is 5.75. The Bertz CT molecular complexity index is 913. The predicted molar refractivity (Wildman–Crippen MR) is 126 cm³/mol. The van der Waals surface area contributed by atoms with E-state index in [4.69, 9.17) is 34.2 Å². The van der Waals surface area contributed by atoms with Crippen molar-refractivity contribution in [3.8, 4) is 11.5 Å². The highest BCUT2D eigenvalue weighted by Gasteiger charge is 2.33. The van der Waals surface area contributed by atoms with E-state index in [1.54, 1.807) is 48.5 Å². The number of nitrogens with two attached hydrogens (primary N) is 1. The van der Waals surface area contributed by atoms with Crippen LogP contribution in [0.15, 0.2) is 18.2 Å². The molecule has 1 unspecified atom stereocenters. The topological polar surface area (TPSA) is 170 Å². The highest BCUT2D eigenvalue weighted by Crippen LogP contribution is 2.36. The number of benzene rings is 1. The lowest BCUT2D eigenvalue weighted by atomic mass is 9.82. The molecule has 3 atom stereocenters. The number of carboxylic acids is 1. The Morgan fingerprint density at radius 1 is 0.778 bits per heavy atom. The lowest BCUT2D eigenvalue weighted by Gasteiger charge is -2.28. The van der Waals surface area contributed by atoms with Crippen LogP contribution < -0.4 is 15.2 Å². The second-order valence-corrected chi connectivity index (χ2v) is 8.84. The molecule has 0 saturated heterocycles.